The molecule has 1 aliphatic rings. The maximum atomic E-state index is 12.3. The number of hydrogen-bond acceptors (Lipinski definition) is 2. The van der Waals surface area contributed by atoms with Crippen molar-refractivity contribution in [1.29, 1.82) is 0 Å². The third-order valence-electron chi connectivity index (χ3n) is 3.50. The van der Waals surface area contributed by atoms with Gasteiger partial charge in [-0.3, -0.25) is 9.59 Å². The lowest BCUT2D eigenvalue weighted by molar-refractivity contribution is 0.0966. The first-order valence-electron chi connectivity index (χ1n) is 6.85. The Bertz CT molecular complexity index is 725. The largest absolute Gasteiger partial charge is 0.293 e. The molecule has 3 rings (SSSR count). The molecule has 2 heteroatoms. The number of carbonyl (C=O) groups excluding carboxylic acids is 2. The van der Waals surface area contributed by atoms with Crippen molar-refractivity contribution in [3.05, 3.63) is 95.6 Å². The van der Waals surface area contributed by atoms with Crippen molar-refractivity contribution in [2.45, 2.75) is 0 Å². The zero-order chi connectivity index (χ0) is 14.7. The molecule has 21 heavy (non-hydrogen) atoms. The van der Waals surface area contributed by atoms with E-state index in [0.29, 0.717) is 16.7 Å². The number of carbonyl (C=O) groups is 2. The standard InChI is InChI=1S/C19H14O2/c20-18(14-7-3-1-4-8-14)16-11-12-17(13-16)19(21)15-9-5-2-6-10-15/h1-13,16H. The number of ketones is 2. The van der Waals surface area contributed by atoms with E-state index < -0.39 is 0 Å². The van der Waals surface area contributed by atoms with E-state index >= 15 is 0 Å². The van der Waals surface area contributed by atoms with Crippen LogP contribution < -0.4 is 0 Å². The molecular formula is C19H14O2. The number of allylic oxidation sites excluding steroid dienone is 4. The molecule has 2 aromatic rings. The maximum Gasteiger partial charge on any atom is 0.192 e. The molecule has 102 valence electrons. The molecule has 0 saturated heterocycles. The van der Waals surface area contributed by atoms with Crippen LogP contribution in [0.25, 0.3) is 0 Å². The van der Waals surface area contributed by atoms with Gasteiger partial charge in [0.15, 0.2) is 11.6 Å². The Kier molecular flexibility index (Phi) is 3.61. The van der Waals surface area contributed by atoms with E-state index in [1.165, 1.54) is 0 Å². The molecule has 0 saturated carbocycles. The third kappa shape index (κ3) is 2.75. The molecule has 0 heterocycles. The van der Waals surface area contributed by atoms with Crippen molar-refractivity contribution in [3.8, 4) is 0 Å². The molecule has 0 spiro atoms. The quantitative estimate of drug-likeness (QED) is 0.793. The van der Waals surface area contributed by atoms with Gasteiger partial charge in [0.25, 0.3) is 0 Å². The number of rotatable bonds is 4. The van der Waals surface area contributed by atoms with Crippen LogP contribution in [0.2, 0.25) is 0 Å². The summed E-state index contributed by atoms with van der Waals surface area (Å²) in [5, 5.41) is 0. The first kappa shape index (κ1) is 13.3. The molecule has 1 unspecified atom stereocenters. The molecule has 0 amide bonds. The van der Waals surface area contributed by atoms with Crippen LogP contribution in [0.5, 0.6) is 0 Å². The lowest BCUT2D eigenvalue weighted by atomic mass is 9.98. The first-order valence-corrected chi connectivity index (χ1v) is 6.85. The van der Waals surface area contributed by atoms with Gasteiger partial charge >= 0.3 is 0 Å². The minimum atomic E-state index is -0.352. The van der Waals surface area contributed by atoms with Crippen molar-refractivity contribution in [2.75, 3.05) is 0 Å². The van der Waals surface area contributed by atoms with E-state index in [0.717, 1.165) is 0 Å². The summed E-state index contributed by atoms with van der Waals surface area (Å²) in [7, 11) is 0. The fraction of sp³-hybridized carbons (Fsp3) is 0.0526. The second-order valence-corrected chi connectivity index (χ2v) is 4.93. The molecule has 0 fully saturated rings. The van der Waals surface area contributed by atoms with Crippen LogP contribution in [0, 0.1) is 5.92 Å². The highest BCUT2D eigenvalue weighted by molar-refractivity contribution is 6.12. The van der Waals surface area contributed by atoms with E-state index in [1.807, 2.05) is 36.4 Å². The van der Waals surface area contributed by atoms with E-state index in [4.69, 9.17) is 0 Å². The van der Waals surface area contributed by atoms with E-state index in [-0.39, 0.29) is 17.5 Å². The van der Waals surface area contributed by atoms with E-state index in [2.05, 4.69) is 0 Å². The smallest absolute Gasteiger partial charge is 0.192 e. The van der Waals surface area contributed by atoms with Crippen LogP contribution in [0.4, 0.5) is 0 Å². The summed E-state index contributed by atoms with van der Waals surface area (Å²) in [6, 6.07) is 18.2. The van der Waals surface area contributed by atoms with Crippen molar-refractivity contribution < 1.29 is 9.59 Å². The Labute approximate surface area is 123 Å². The molecule has 1 atom stereocenters. The minimum Gasteiger partial charge on any atom is -0.293 e. The Balaban J connectivity index is 1.81. The average Bonchev–Trinajstić information content (AvgIpc) is 3.05. The molecule has 0 aromatic heterocycles. The van der Waals surface area contributed by atoms with Gasteiger partial charge in [-0.1, -0.05) is 78.9 Å². The molecule has 0 aliphatic heterocycles. The summed E-state index contributed by atoms with van der Waals surface area (Å²) in [4.78, 5) is 24.7. The van der Waals surface area contributed by atoms with E-state index in [1.54, 1.807) is 42.5 Å². The summed E-state index contributed by atoms with van der Waals surface area (Å²) in [6.07, 6.45) is 5.26. The Morgan fingerprint density at radius 3 is 1.95 bits per heavy atom. The Morgan fingerprint density at radius 2 is 1.33 bits per heavy atom. The second-order valence-electron chi connectivity index (χ2n) is 4.93. The summed E-state index contributed by atoms with van der Waals surface area (Å²) < 4.78 is 0. The molecular weight excluding hydrogens is 260 g/mol. The average molecular weight is 274 g/mol. The molecule has 1 aliphatic carbocycles. The van der Waals surface area contributed by atoms with Gasteiger partial charge in [0.2, 0.25) is 0 Å². The van der Waals surface area contributed by atoms with Gasteiger partial charge in [0.05, 0.1) is 5.92 Å². The number of benzene rings is 2. The van der Waals surface area contributed by atoms with Crippen LogP contribution in [0.1, 0.15) is 20.7 Å². The maximum absolute atomic E-state index is 12.3. The normalized spacial score (nSPS) is 16.6. The highest BCUT2D eigenvalue weighted by Crippen LogP contribution is 2.23. The van der Waals surface area contributed by atoms with Crippen molar-refractivity contribution in [3.63, 3.8) is 0 Å². The monoisotopic (exact) mass is 274 g/mol. The SMILES string of the molecule is O=C(C1=CC(C(=O)c2ccccc2)C=C1)c1ccccc1. The Hall–Kier alpha value is -2.74. The van der Waals surface area contributed by atoms with Gasteiger partial charge in [-0.2, -0.15) is 0 Å². The zero-order valence-electron chi connectivity index (χ0n) is 11.4. The summed E-state index contributed by atoms with van der Waals surface area (Å²) >= 11 is 0. The van der Waals surface area contributed by atoms with Crippen molar-refractivity contribution in [1.82, 2.24) is 0 Å². The summed E-state index contributed by atoms with van der Waals surface area (Å²) in [5.41, 5.74) is 1.88. The topological polar surface area (TPSA) is 34.1 Å². The van der Waals surface area contributed by atoms with Crippen molar-refractivity contribution >= 4 is 11.6 Å². The molecule has 0 radical (unpaired) electrons. The first-order chi connectivity index (χ1) is 10.3. The van der Waals surface area contributed by atoms with Crippen LogP contribution in [-0.2, 0) is 0 Å². The lowest BCUT2D eigenvalue weighted by Gasteiger charge is -2.04. The highest BCUT2D eigenvalue weighted by atomic mass is 16.1. The van der Waals surface area contributed by atoms with Crippen molar-refractivity contribution in [2.24, 2.45) is 5.92 Å². The molecule has 0 N–H and O–H groups in total. The summed E-state index contributed by atoms with van der Waals surface area (Å²) in [6.45, 7) is 0. The highest BCUT2D eigenvalue weighted by Gasteiger charge is 2.22. The Morgan fingerprint density at radius 1 is 0.762 bits per heavy atom. The van der Waals surface area contributed by atoms with Gasteiger partial charge < -0.3 is 0 Å². The van der Waals surface area contributed by atoms with E-state index in [9.17, 15) is 9.59 Å². The van der Waals surface area contributed by atoms with Crippen LogP contribution in [-0.4, -0.2) is 11.6 Å². The fourth-order valence-corrected chi connectivity index (χ4v) is 2.38. The van der Waals surface area contributed by atoms with Gasteiger partial charge in [0, 0.05) is 16.7 Å². The third-order valence-corrected chi connectivity index (χ3v) is 3.50. The zero-order valence-corrected chi connectivity index (χ0v) is 11.4. The predicted octanol–water partition coefficient (Wildman–Crippen LogP) is 3.86. The van der Waals surface area contributed by atoms with Gasteiger partial charge in [-0.15, -0.1) is 0 Å². The minimum absolute atomic E-state index is 0.0164. The number of hydrogen-bond donors (Lipinski definition) is 0. The summed E-state index contributed by atoms with van der Waals surface area (Å²) in [5.74, 6) is -0.381. The van der Waals surface area contributed by atoms with Gasteiger partial charge in [-0.05, 0) is 0 Å². The van der Waals surface area contributed by atoms with Gasteiger partial charge in [0.1, 0.15) is 0 Å². The predicted molar refractivity (Wildman–Crippen MR) is 82.3 cm³/mol. The molecule has 0 bridgehead atoms. The molecule has 2 nitrogen and oxygen atoms in total. The molecule has 2 aromatic carbocycles. The van der Waals surface area contributed by atoms with Crippen LogP contribution >= 0.6 is 0 Å². The number of Topliss-reactive ketones (excluding diaryl/α,β-unsaturated/α-hetero) is 2. The van der Waals surface area contributed by atoms with Crippen LogP contribution in [0.3, 0.4) is 0 Å². The fourth-order valence-electron chi connectivity index (χ4n) is 2.38. The van der Waals surface area contributed by atoms with Crippen LogP contribution in [0.15, 0.2) is 84.5 Å². The van der Waals surface area contributed by atoms with Gasteiger partial charge in [-0.25, -0.2) is 0 Å². The second kappa shape index (κ2) is 5.71. The lowest BCUT2D eigenvalue weighted by Crippen LogP contribution is -2.09.